The summed E-state index contributed by atoms with van der Waals surface area (Å²) in [5.74, 6) is 0. The van der Waals surface area contributed by atoms with Gasteiger partial charge in [-0.25, -0.2) is 4.98 Å². The number of aromatic nitrogens is 2. The van der Waals surface area contributed by atoms with Crippen molar-refractivity contribution in [1.29, 1.82) is 0 Å². The van der Waals surface area contributed by atoms with Crippen LogP contribution in [-0.4, -0.2) is 16.0 Å². The number of anilines is 2. The third-order valence-electron chi connectivity index (χ3n) is 4.45. The largest absolute Gasteiger partial charge is 0.379 e. The van der Waals surface area contributed by atoms with Crippen LogP contribution in [-0.2, 0) is 6.54 Å². The Bertz CT molecular complexity index is 966. The lowest BCUT2D eigenvalue weighted by Gasteiger charge is -2.21. The van der Waals surface area contributed by atoms with Crippen molar-refractivity contribution >= 4 is 22.5 Å². The lowest BCUT2D eigenvalue weighted by Crippen LogP contribution is -2.15. The van der Waals surface area contributed by atoms with Crippen molar-refractivity contribution < 1.29 is 0 Å². The Hall–Kier alpha value is -3.40. The Morgan fingerprint density at radius 2 is 1.97 bits per heavy atom. The van der Waals surface area contributed by atoms with Crippen LogP contribution in [0.2, 0.25) is 0 Å². The molecule has 0 aliphatic carbocycles. The van der Waals surface area contributed by atoms with Crippen LogP contribution in [0.25, 0.3) is 11.1 Å². The molecule has 30 heavy (non-hydrogen) atoms. The molecule has 0 aromatic carbocycles. The molecular weight excluding hydrogens is 368 g/mol. The Morgan fingerprint density at radius 3 is 2.53 bits per heavy atom. The van der Waals surface area contributed by atoms with Crippen molar-refractivity contribution in [2.24, 2.45) is 0 Å². The second-order valence-corrected chi connectivity index (χ2v) is 7.43. The molecule has 0 amide bonds. The molecule has 0 aliphatic heterocycles. The van der Waals surface area contributed by atoms with Gasteiger partial charge in [-0.05, 0) is 57.0 Å². The normalized spacial score (nSPS) is 11.9. The van der Waals surface area contributed by atoms with Crippen LogP contribution in [0.5, 0.6) is 0 Å². The first kappa shape index (κ1) is 22.9. The van der Waals surface area contributed by atoms with Crippen molar-refractivity contribution in [3.05, 3.63) is 97.2 Å². The second-order valence-electron chi connectivity index (χ2n) is 7.43. The van der Waals surface area contributed by atoms with Crippen LogP contribution in [0.1, 0.15) is 44.8 Å². The molecule has 4 heteroatoms. The summed E-state index contributed by atoms with van der Waals surface area (Å²) in [4.78, 5) is 9.37. The van der Waals surface area contributed by atoms with Gasteiger partial charge in [-0.3, -0.25) is 4.98 Å². The maximum Gasteiger partial charge on any atom is 0.0913 e. The van der Waals surface area contributed by atoms with Crippen molar-refractivity contribution in [2.75, 3.05) is 10.6 Å². The van der Waals surface area contributed by atoms with Gasteiger partial charge in [0.25, 0.3) is 0 Å². The van der Waals surface area contributed by atoms with E-state index in [0.29, 0.717) is 6.54 Å². The van der Waals surface area contributed by atoms with E-state index in [2.05, 4.69) is 55.3 Å². The quantitative estimate of drug-likeness (QED) is 0.439. The number of rotatable bonds is 10. The Morgan fingerprint density at radius 1 is 1.20 bits per heavy atom. The van der Waals surface area contributed by atoms with Crippen LogP contribution < -0.4 is 10.6 Å². The summed E-state index contributed by atoms with van der Waals surface area (Å²) in [5.41, 5.74) is 7.47. The van der Waals surface area contributed by atoms with E-state index < -0.39 is 0 Å². The van der Waals surface area contributed by atoms with E-state index >= 15 is 0 Å². The zero-order valence-electron chi connectivity index (χ0n) is 18.5. The molecule has 0 spiro atoms. The fourth-order valence-electron chi connectivity index (χ4n) is 2.95. The number of allylic oxidation sites excluding steroid dienone is 7. The number of pyridine rings is 2. The van der Waals surface area contributed by atoms with E-state index in [1.807, 2.05) is 50.3 Å². The van der Waals surface area contributed by atoms with E-state index in [0.717, 1.165) is 45.2 Å². The number of nitrogens with one attached hydrogen (secondary N) is 2. The van der Waals surface area contributed by atoms with Gasteiger partial charge in [-0.1, -0.05) is 50.1 Å². The van der Waals surface area contributed by atoms with Gasteiger partial charge in [-0.2, -0.15) is 0 Å². The SMILES string of the molecule is C=C/C=C\C(=C(/C)C=C)c1cc(NCc2ccccn2)c(NC(C)C)c(C(=C)C)n1. The summed E-state index contributed by atoms with van der Waals surface area (Å²) in [7, 11) is 0. The molecule has 0 unspecified atom stereocenters. The molecule has 0 aliphatic rings. The second kappa shape index (κ2) is 11.0. The monoisotopic (exact) mass is 400 g/mol. The topological polar surface area (TPSA) is 49.8 Å². The van der Waals surface area contributed by atoms with E-state index in [9.17, 15) is 0 Å². The zero-order chi connectivity index (χ0) is 22.1. The predicted molar refractivity (Wildman–Crippen MR) is 131 cm³/mol. The van der Waals surface area contributed by atoms with Gasteiger partial charge in [0.2, 0.25) is 0 Å². The highest BCUT2D eigenvalue weighted by Gasteiger charge is 2.16. The molecule has 2 heterocycles. The highest BCUT2D eigenvalue weighted by atomic mass is 15.0. The average Bonchev–Trinajstić information content (AvgIpc) is 2.73. The molecular formula is C26H32N4. The van der Waals surface area contributed by atoms with Gasteiger partial charge in [0.05, 0.1) is 35.0 Å². The molecule has 2 N–H and O–H groups in total. The zero-order valence-corrected chi connectivity index (χ0v) is 18.5. The fraction of sp³-hybridized carbons (Fsp3) is 0.231. The molecule has 0 atom stereocenters. The molecule has 0 bridgehead atoms. The smallest absolute Gasteiger partial charge is 0.0913 e. The van der Waals surface area contributed by atoms with Crippen molar-refractivity contribution in [2.45, 2.75) is 40.3 Å². The van der Waals surface area contributed by atoms with Crippen molar-refractivity contribution in [3.8, 4) is 0 Å². The first-order valence-corrected chi connectivity index (χ1v) is 10.1. The van der Waals surface area contributed by atoms with Gasteiger partial charge in [0.1, 0.15) is 0 Å². The fourth-order valence-corrected chi connectivity index (χ4v) is 2.95. The first-order valence-electron chi connectivity index (χ1n) is 10.1. The van der Waals surface area contributed by atoms with E-state index in [4.69, 9.17) is 4.98 Å². The van der Waals surface area contributed by atoms with Crippen LogP contribution in [0.4, 0.5) is 11.4 Å². The minimum absolute atomic E-state index is 0.247. The summed E-state index contributed by atoms with van der Waals surface area (Å²) in [6.07, 6.45) is 9.31. The Kier molecular flexibility index (Phi) is 8.36. The molecule has 0 radical (unpaired) electrons. The summed E-state index contributed by atoms with van der Waals surface area (Å²) in [6.45, 7) is 20.7. The molecule has 2 rings (SSSR count). The minimum Gasteiger partial charge on any atom is -0.379 e. The van der Waals surface area contributed by atoms with E-state index in [1.165, 1.54) is 0 Å². The number of nitrogens with zero attached hydrogens (tertiary/aromatic N) is 2. The first-order chi connectivity index (χ1) is 14.4. The summed E-state index contributed by atoms with van der Waals surface area (Å²) < 4.78 is 0. The Labute approximate surface area is 180 Å². The van der Waals surface area contributed by atoms with Gasteiger partial charge >= 0.3 is 0 Å². The lowest BCUT2D eigenvalue weighted by atomic mass is 10.0. The van der Waals surface area contributed by atoms with Crippen LogP contribution in [0, 0.1) is 0 Å². The van der Waals surface area contributed by atoms with Gasteiger partial charge in [0, 0.05) is 17.8 Å². The Balaban J connectivity index is 2.65. The summed E-state index contributed by atoms with van der Waals surface area (Å²) in [5, 5.41) is 7.08. The molecule has 0 saturated carbocycles. The third-order valence-corrected chi connectivity index (χ3v) is 4.45. The van der Waals surface area contributed by atoms with Crippen LogP contribution in [0.3, 0.4) is 0 Å². The predicted octanol–water partition coefficient (Wildman–Crippen LogP) is 6.64. The number of hydrogen-bond donors (Lipinski definition) is 2. The van der Waals surface area contributed by atoms with E-state index in [-0.39, 0.29) is 6.04 Å². The maximum absolute atomic E-state index is 4.95. The van der Waals surface area contributed by atoms with E-state index in [1.54, 1.807) is 12.3 Å². The molecule has 0 saturated heterocycles. The highest BCUT2D eigenvalue weighted by molar-refractivity contribution is 5.86. The van der Waals surface area contributed by atoms with Gasteiger partial charge in [-0.15, -0.1) is 0 Å². The van der Waals surface area contributed by atoms with Crippen LogP contribution >= 0.6 is 0 Å². The average molecular weight is 401 g/mol. The molecule has 156 valence electrons. The van der Waals surface area contributed by atoms with Gasteiger partial charge in [0.15, 0.2) is 0 Å². The molecule has 2 aromatic rings. The van der Waals surface area contributed by atoms with Crippen molar-refractivity contribution in [1.82, 2.24) is 9.97 Å². The summed E-state index contributed by atoms with van der Waals surface area (Å²) in [6, 6.07) is 8.22. The lowest BCUT2D eigenvalue weighted by molar-refractivity contribution is 0.895. The number of hydrogen-bond acceptors (Lipinski definition) is 4. The van der Waals surface area contributed by atoms with Crippen molar-refractivity contribution in [3.63, 3.8) is 0 Å². The standard InChI is InChI=1S/C26H32N4/c1-8-10-14-22(20(7)9-2)23-16-24(28-17-21-13-11-12-15-27-21)26(29-19(5)6)25(30-23)18(3)4/h8-16,19,29H,1-3,17H2,4-7H3,(H,28,30)/b14-10-,22-20-. The molecule has 2 aromatic heterocycles. The van der Waals surface area contributed by atoms with Gasteiger partial charge < -0.3 is 10.6 Å². The minimum atomic E-state index is 0.247. The third kappa shape index (κ3) is 6.05. The highest BCUT2D eigenvalue weighted by Crippen LogP contribution is 2.34. The molecule has 0 fully saturated rings. The van der Waals surface area contributed by atoms with Crippen LogP contribution in [0.15, 0.2) is 80.1 Å². The molecule has 4 nitrogen and oxygen atoms in total. The summed E-state index contributed by atoms with van der Waals surface area (Å²) >= 11 is 0. The maximum atomic E-state index is 4.95.